The molecule has 0 aliphatic carbocycles. The zero-order valence-corrected chi connectivity index (χ0v) is 11.8. The lowest BCUT2D eigenvalue weighted by Gasteiger charge is -2.34. The molecule has 0 aromatic carbocycles. The second-order valence-electron chi connectivity index (χ2n) is 5.55. The maximum Gasteiger partial charge on any atom is 0.243 e. The van der Waals surface area contributed by atoms with Gasteiger partial charge in [0.15, 0.2) is 5.82 Å². The summed E-state index contributed by atoms with van der Waals surface area (Å²) >= 11 is 5.99. The van der Waals surface area contributed by atoms with Crippen LogP contribution in [0.25, 0.3) is 5.52 Å². The lowest BCUT2D eigenvalue weighted by atomic mass is 9.97. The third kappa shape index (κ3) is 2.17. The number of fused-ring (bicyclic) bond motifs is 1. The minimum absolute atomic E-state index is 0.0529. The maximum absolute atomic E-state index is 10.3. The molecule has 0 spiro atoms. The van der Waals surface area contributed by atoms with Gasteiger partial charge in [0.05, 0.1) is 11.6 Å². The van der Waals surface area contributed by atoms with Crippen LogP contribution in [0, 0.1) is 0 Å². The average molecular weight is 281 g/mol. The summed E-state index contributed by atoms with van der Waals surface area (Å²) in [4.78, 5) is 6.51. The SMILES string of the molecule is CC(C)(O)[C@@H]1CCCN1c1nc(Cl)nn2cccc12. The van der Waals surface area contributed by atoms with E-state index in [-0.39, 0.29) is 11.3 Å². The molecule has 1 saturated heterocycles. The minimum Gasteiger partial charge on any atom is -0.388 e. The van der Waals surface area contributed by atoms with Gasteiger partial charge in [0, 0.05) is 12.7 Å². The Morgan fingerprint density at radius 2 is 2.26 bits per heavy atom. The fourth-order valence-corrected chi connectivity index (χ4v) is 3.02. The van der Waals surface area contributed by atoms with E-state index in [0.717, 1.165) is 30.7 Å². The smallest absolute Gasteiger partial charge is 0.243 e. The quantitative estimate of drug-likeness (QED) is 0.916. The molecule has 5 nitrogen and oxygen atoms in total. The third-order valence-corrected chi connectivity index (χ3v) is 3.85. The van der Waals surface area contributed by atoms with Crippen LogP contribution in [0.1, 0.15) is 26.7 Å². The van der Waals surface area contributed by atoms with Crippen molar-refractivity contribution in [2.75, 3.05) is 11.4 Å². The fourth-order valence-electron chi connectivity index (χ4n) is 2.86. The van der Waals surface area contributed by atoms with Crippen molar-refractivity contribution in [3.05, 3.63) is 23.6 Å². The molecule has 1 N–H and O–H groups in total. The van der Waals surface area contributed by atoms with Crippen LogP contribution in [0.4, 0.5) is 5.82 Å². The largest absolute Gasteiger partial charge is 0.388 e. The summed E-state index contributed by atoms with van der Waals surface area (Å²) in [6, 6.07) is 3.93. The van der Waals surface area contributed by atoms with Crippen LogP contribution in [-0.2, 0) is 0 Å². The van der Waals surface area contributed by atoms with Gasteiger partial charge in [-0.25, -0.2) is 4.52 Å². The molecule has 0 unspecified atom stereocenters. The molecule has 0 bridgehead atoms. The van der Waals surface area contributed by atoms with Gasteiger partial charge in [-0.3, -0.25) is 0 Å². The highest BCUT2D eigenvalue weighted by molar-refractivity contribution is 6.28. The number of anilines is 1. The predicted octanol–water partition coefficient (Wildman–Crippen LogP) is 2.12. The van der Waals surface area contributed by atoms with Crippen LogP contribution < -0.4 is 4.90 Å². The summed E-state index contributed by atoms with van der Waals surface area (Å²) < 4.78 is 1.73. The van der Waals surface area contributed by atoms with Gasteiger partial charge >= 0.3 is 0 Å². The number of aromatic nitrogens is 3. The standard InChI is InChI=1S/C13H17ClN4O/c1-13(2,19)10-6-4-7-17(10)11-9-5-3-8-18(9)16-12(14)15-11/h3,5,8,10,19H,4,6-7H2,1-2H3/t10-/m0/s1. The van der Waals surface area contributed by atoms with E-state index in [4.69, 9.17) is 11.6 Å². The summed E-state index contributed by atoms with van der Waals surface area (Å²) in [5, 5.41) is 14.7. The Morgan fingerprint density at radius 1 is 1.47 bits per heavy atom. The molecule has 0 saturated carbocycles. The number of halogens is 1. The number of hydrogen-bond acceptors (Lipinski definition) is 4. The van der Waals surface area contributed by atoms with Crippen molar-refractivity contribution in [1.82, 2.24) is 14.6 Å². The van der Waals surface area contributed by atoms with E-state index in [0.29, 0.717) is 0 Å². The van der Waals surface area contributed by atoms with Crippen LogP contribution in [-0.4, -0.2) is 37.9 Å². The Labute approximate surface area is 116 Å². The van der Waals surface area contributed by atoms with Gasteiger partial charge in [-0.15, -0.1) is 5.10 Å². The van der Waals surface area contributed by atoms with Crippen molar-refractivity contribution >= 4 is 22.9 Å². The molecule has 0 amide bonds. The maximum atomic E-state index is 10.3. The van der Waals surface area contributed by atoms with Gasteiger partial charge in [0.25, 0.3) is 0 Å². The molecule has 1 aliphatic heterocycles. The monoisotopic (exact) mass is 280 g/mol. The van der Waals surface area contributed by atoms with Gasteiger partial charge in [-0.1, -0.05) is 0 Å². The second kappa shape index (κ2) is 4.35. The number of nitrogens with zero attached hydrogens (tertiary/aromatic N) is 4. The van der Waals surface area contributed by atoms with E-state index >= 15 is 0 Å². The van der Waals surface area contributed by atoms with Crippen LogP contribution in [0.2, 0.25) is 5.28 Å². The Kier molecular flexibility index (Phi) is 2.91. The molecular formula is C13H17ClN4O. The Morgan fingerprint density at radius 3 is 3.00 bits per heavy atom. The number of aliphatic hydroxyl groups is 1. The summed E-state index contributed by atoms with van der Waals surface area (Å²) in [6.07, 6.45) is 3.85. The first-order chi connectivity index (χ1) is 8.97. The highest BCUT2D eigenvalue weighted by Crippen LogP contribution is 2.33. The van der Waals surface area contributed by atoms with Crippen molar-refractivity contribution < 1.29 is 5.11 Å². The molecule has 102 valence electrons. The van der Waals surface area contributed by atoms with Crippen LogP contribution >= 0.6 is 11.6 Å². The first-order valence-electron chi connectivity index (χ1n) is 6.47. The van der Waals surface area contributed by atoms with Gasteiger partial charge in [-0.05, 0) is 50.4 Å². The van der Waals surface area contributed by atoms with Gasteiger partial charge in [0.2, 0.25) is 5.28 Å². The van der Waals surface area contributed by atoms with E-state index in [9.17, 15) is 5.11 Å². The topological polar surface area (TPSA) is 53.7 Å². The van der Waals surface area contributed by atoms with E-state index in [1.165, 1.54) is 0 Å². The summed E-state index contributed by atoms with van der Waals surface area (Å²) in [7, 11) is 0. The number of rotatable bonds is 2. The van der Waals surface area contributed by atoms with Crippen molar-refractivity contribution in [3.8, 4) is 0 Å². The second-order valence-corrected chi connectivity index (χ2v) is 5.89. The van der Waals surface area contributed by atoms with Gasteiger partial charge in [-0.2, -0.15) is 4.98 Å². The predicted molar refractivity (Wildman–Crippen MR) is 74.7 cm³/mol. The molecular weight excluding hydrogens is 264 g/mol. The Balaban J connectivity index is 2.10. The zero-order chi connectivity index (χ0) is 13.6. The fraction of sp³-hybridized carbons (Fsp3) is 0.538. The lowest BCUT2D eigenvalue weighted by Crippen LogP contribution is -2.46. The average Bonchev–Trinajstić information content (AvgIpc) is 2.94. The van der Waals surface area contributed by atoms with E-state index < -0.39 is 5.60 Å². The Hall–Kier alpha value is -1.33. The molecule has 3 heterocycles. The van der Waals surface area contributed by atoms with Gasteiger partial charge < -0.3 is 10.0 Å². The Bertz CT molecular complexity index is 604. The van der Waals surface area contributed by atoms with E-state index in [2.05, 4.69) is 15.0 Å². The molecule has 1 aliphatic rings. The van der Waals surface area contributed by atoms with Crippen LogP contribution in [0.5, 0.6) is 0 Å². The molecule has 1 atom stereocenters. The van der Waals surface area contributed by atoms with Crippen molar-refractivity contribution in [3.63, 3.8) is 0 Å². The van der Waals surface area contributed by atoms with Crippen LogP contribution in [0.15, 0.2) is 18.3 Å². The molecule has 0 radical (unpaired) electrons. The molecule has 6 heteroatoms. The third-order valence-electron chi connectivity index (χ3n) is 3.69. The number of hydrogen-bond donors (Lipinski definition) is 1. The normalized spacial score (nSPS) is 20.4. The highest BCUT2D eigenvalue weighted by atomic mass is 35.5. The van der Waals surface area contributed by atoms with Crippen LogP contribution in [0.3, 0.4) is 0 Å². The molecule has 1 fully saturated rings. The first kappa shape index (κ1) is 12.7. The molecule has 2 aromatic heterocycles. The summed E-state index contributed by atoms with van der Waals surface area (Å²) in [6.45, 7) is 4.56. The first-order valence-corrected chi connectivity index (χ1v) is 6.84. The van der Waals surface area contributed by atoms with E-state index in [1.54, 1.807) is 4.52 Å². The molecule has 19 heavy (non-hydrogen) atoms. The van der Waals surface area contributed by atoms with Gasteiger partial charge in [0.1, 0.15) is 5.52 Å². The minimum atomic E-state index is -0.766. The summed E-state index contributed by atoms with van der Waals surface area (Å²) in [5.74, 6) is 0.801. The highest BCUT2D eigenvalue weighted by Gasteiger charge is 2.37. The summed E-state index contributed by atoms with van der Waals surface area (Å²) in [5.41, 5.74) is 0.151. The van der Waals surface area contributed by atoms with Crippen molar-refractivity contribution in [2.45, 2.75) is 38.3 Å². The van der Waals surface area contributed by atoms with Crippen molar-refractivity contribution in [1.29, 1.82) is 0 Å². The molecule has 3 rings (SSSR count). The van der Waals surface area contributed by atoms with E-state index in [1.807, 2.05) is 32.2 Å². The lowest BCUT2D eigenvalue weighted by molar-refractivity contribution is 0.0533. The zero-order valence-electron chi connectivity index (χ0n) is 11.0. The molecule has 2 aromatic rings. The van der Waals surface area contributed by atoms with Crippen molar-refractivity contribution in [2.24, 2.45) is 0 Å².